The average molecular weight is 367 g/mol. The third kappa shape index (κ3) is 3.15. The Morgan fingerprint density at radius 1 is 1.04 bits per heavy atom. The maximum Gasteiger partial charge on any atom is 0.246 e. The summed E-state index contributed by atoms with van der Waals surface area (Å²) in [7, 11) is -1.66. The van der Waals surface area contributed by atoms with Gasteiger partial charge in [-0.1, -0.05) is 12.8 Å². The summed E-state index contributed by atoms with van der Waals surface area (Å²) < 4.78 is 29.7. The third-order valence-electron chi connectivity index (χ3n) is 6.39. The number of sulfonamides is 1. The van der Waals surface area contributed by atoms with Gasteiger partial charge in [0.25, 0.3) is 0 Å². The van der Waals surface area contributed by atoms with Gasteiger partial charge in [0.1, 0.15) is 4.90 Å². The van der Waals surface area contributed by atoms with E-state index in [-0.39, 0.29) is 0 Å². The van der Waals surface area contributed by atoms with Crippen LogP contribution in [0.1, 0.15) is 44.2 Å². The van der Waals surface area contributed by atoms with Crippen molar-refractivity contribution in [3.63, 3.8) is 0 Å². The molecule has 0 radical (unpaired) electrons. The maximum absolute atomic E-state index is 13.2. The van der Waals surface area contributed by atoms with Gasteiger partial charge in [-0.3, -0.25) is 9.58 Å². The zero-order chi connectivity index (χ0) is 17.6. The van der Waals surface area contributed by atoms with Gasteiger partial charge in [-0.25, -0.2) is 8.42 Å². The van der Waals surface area contributed by atoms with Gasteiger partial charge in [0.05, 0.1) is 5.69 Å². The van der Waals surface area contributed by atoms with E-state index in [0.717, 1.165) is 12.8 Å². The Bertz CT molecular complexity index is 709. The van der Waals surface area contributed by atoms with E-state index in [1.54, 1.807) is 29.2 Å². The molecule has 1 saturated carbocycles. The van der Waals surface area contributed by atoms with Crippen LogP contribution in [0, 0.1) is 18.8 Å². The number of nitrogens with zero attached hydrogens (tertiary/aromatic N) is 4. The van der Waals surface area contributed by atoms with E-state index >= 15 is 0 Å². The first-order valence-electron chi connectivity index (χ1n) is 9.71. The topological polar surface area (TPSA) is 58.4 Å². The van der Waals surface area contributed by atoms with Crippen LogP contribution in [0.15, 0.2) is 11.1 Å². The van der Waals surface area contributed by atoms with Gasteiger partial charge in [-0.05, 0) is 57.5 Å². The molecule has 1 aromatic heterocycles. The minimum absolute atomic E-state index is 0.379. The van der Waals surface area contributed by atoms with E-state index in [2.05, 4.69) is 10.00 Å². The molecule has 0 N–H and O–H groups in total. The molecule has 1 aliphatic carbocycles. The van der Waals surface area contributed by atoms with Crippen molar-refractivity contribution in [3.8, 4) is 0 Å². The van der Waals surface area contributed by atoms with Gasteiger partial charge in [0, 0.05) is 32.4 Å². The van der Waals surface area contributed by atoms with Gasteiger partial charge in [-0.15, -0.1) is 0 Å². The van der Waals surface area contributed by atoms with Crippen LogP contribution in [-0.2, 0) is 17.1 Å². The quantitative estimate of drug-likeness (QED) is 0.821. The number of rotatable bonds is 3. The minimum Gasteiger partial charge on any atom is -0.300 e. The first-order valence-corrected chi connectivity index (χ1v) is 11.2. The fraction of sp³-hybridized carbons (Fsp3) is 0.833. The van der Waals surface area contributed by atoms with Crippen LogP contribution in [0.25, 0.3) is 0 Å². The molecule has 3 fully saturated rings. The molecule has 0 amide bonds. The highest BCUT2D eigenvalue weighted by atomic mass is 32.2. The second-order valence-electron chi connectivity index (χ2n) is 8.11. The second kappa shape index (κ2) is 6.67. The van der Waals surface area contributed by atoms with Crippen molar-refractivity contribution in [3.05, 3.63) is 11.9 Å². The lowest BCUT2D eigenvalue weighted by atomic mass is 9.73. The molecule has 3 heterocycles. The van der Waals surface area contributed by atoms with Crippen molar-refractivity contribution in [1.29, 1.82) is 0 Å². The molecular weight excluding hydrogens is 336 g/mol. The Kier molecular flexibility index (Phi) is 4.67. The normalized spacial score (nSPS) is 32.0. The van der Waals surface area contributed by atoms with Crippen molar-refractivity contribution in [2.75, 3.05) is 26.2 Å². The van der Waals surface area contributed by atoms with Crippen LogP contribution in [0.2, 0.25) is 0 Å². The first kappa shape index (κ1) is 17.5. The van der Waals surface area contributed by atoms with E-state index in [0.29, 0.717) is 41.6 Å². The smallest absolute Gasteiger partial charge is 0.246 e. The van der Waals surface area contributed by atoms with Gasteiger partial charge in [0.2, 0.25) is 10.0 Å². The van der Waals surface area contributed by atoms with Gasteiger partial charge in [-0.2, -0.15) is 9.40 Å². The second-order valence-corrected chi connectivity index (χ2v) is 10.0. The molecule has 7 heteroatoms. The number of aryl methyl sites for hydroxylation is 2. The Hall–Kier alpha value is -0.920. The molecule has 2 aliphatic heterocycles. The van der Waals surface area contributed by atoms with Crippen molar-refractivity contribution in [1.82, 2.24) is 19.0 Å². The standard InChI is InChI=1S/C18H30N4O2S/c1-14-17(13-20(2)19-14)25(23,24)22-11-15-7-6-8-16(12-22)18(15)21-9-4-3-5-10-21/h13,15-16,18H,3-12H2,1-2H3/t15-,16-/m0/s1. The van der Waals surface area contributed by atoms with Crippen molar-refractivity contribution in [2.24, 2.45) is 18.9 Å². The zero-order valence-electron chi connectivity index (χ0n) is 15.4. The number of piperidine rings is 2. The Balaban J connectivity index is 1.57. The molecule has 25 heavy (non-hydrogen) atoms. The first-order chi connectivity index (χ1) is 12.0. The summed E-state index contributed by atoms with van der Waals surface area (Å²) in [6, 6.07) is 0.593. The minimum atomic E-state index is -3.44. The third-order valence-corrected chi connectivity index (χ3v) is 8.33. The van der Waals surface area contributed by atoms with Gasteiger partial charge in [0.15, 0.2) is 0 Å². The van der Waals surface area contributed by atoms with Crippen LogP contribution < -0.4 is 0 Å². The highest BCUT2D eigenvalue weighted by molar-refractivity contribution is 7.89. The van der Waals surface area contributed by atoms with Crippen LogP contribution >= 0.6 is 0 Å². The summed E-state index contributed by atoms with van der Waals surface area (Å²) in [6.45, 7) is 5.54. The van der Waals surface area contributed by atoms with Gasteiger partial charge < -0.3 is 0 Å². The molecule has 0 aromatic carbocycles. The number of likely N-dealkylation sites (tertiary alicyclic amines) is 1. The van der Waals surface area contributed by atoms with E-state index in [9.17, 15) is 8.42 Å². The van der Waals surface area contributed by atoms with Crippen LogP contribution in [-0.4, -0.2) is 59.6 Å². The summed E-state index contributed by atoms with van der Waals surface area (Å²) in [5.74, 6) is 0.967. The van der Waals surface area contributed by atoms with E-state index in [4.69, 9.17) is 0 Å². The maximum atomic E-state index is 13.2. The predicted octanol–water partition coefficient (Wildman–Crippen LogP) is 2.00. The summed E-state index contributed by atoms with van der Waals surface area (Å²) >= 11 is 0. The fourth-order valence-electron chi connectivity index (χ4n) is 5.34. The molecule has 2 atom stereocenters. The van der Waals surface area contributed by atoms with E-state index in [1.807, 2.05) is 0 Å². The number of hydrogen-bond acceptors (Lipinski definition) is 4. The monoisotopic (exact) mass is 366 g/mol. The lowest BCUT2D eigenvalue weighted by Crippen LogP contribution is -2.59. The number of fused-ring (bicyclic) bond motifs is 2. The number of aromatic nitrogens is 2. The molecule has 2 saturated heterocycles. The summed E-state index contributed by atoms with van der Waals surface area (Å²) in [4.78, 5) is 3.06. The van der Waals surface area contributed by atoms with E-state index in [1.165, 1.54) is 38.8 Å². The molecule has 140 valence electrons. The van der Waals surface area contributed by atoms with Crippen molar-refractivity contribution >= 4 is 10.0 Å². The highest BCUT2D eigenvalue weighted by Gasteiger charge is 2.46. The van der Waals surface area contributed by atoms with Crippen LogP contribution in [0.3, 0.4) is 0 Å². The average Bonchev–Trinajstić information content (AvgIpc) is 2.93. The molecule has 3 aliphatic rings. The van der Waals surface area contributed by atoms with Crippen LogP contribution in [0.5, 0.6) is 0 Å². The molecule has 0 spiro atoms. The van der Waals surface area contributed by atoms with Crippen LogP contribution in [0.4, 0.5) is 0 Å². The molecule has 4 rings (SSSR count). The SMILES string of the molecule is Cc1nn(C)cc1S(=O)(=O)N1C[C@@H]2CCC[C@@H](C1)C2N1CCCCC1. The summed E-state index contributed by atoms with van der Waals surface area (Å²) in [6.07, 6.45) is 9.17. The lowest BCUT2D eigenvalue weighted by Gasteiger charge is -2.51. The summed E-state index contributed by atoms with van der Waals surface area (Å²) in [5, 5.41) is 4.24. The van der Waals surface area contributed by atoms with Gasteiger partial charge >= 0.3 is 0 Å². The van der Waals surface area contributed by atoms with E-state index < -0.39 is 10.0 Å². The summed E-state index contributed by atoms with van der Waals surface area (Å²) in [5.41, 5.74) is 0.603. The molecule has 6 nitrogen and oxygen atoms in total. The fourth-order valence-corrected chi connectivity index (χ4v) is 7.10. The molecule has 0 unspecified atom stereocenters. The molecule has 1 aromatic rings. The Morgan fingerprint density at radius 3 is 2.24 bits per heavy atom. The number of hydrogen-bond donors (Lipinski definition) is 0. The Labute approximate surface area is 151 Å². The predicted molar refractivity (Wildman–Crippen MR) is 96.7 cm³/mol. The van der Waals surface area contributed by atoms with Crippen molar-refractivity contribution < 1.29 is 8.42 Å². The largest absolute Gasteiger partial charge is 0.300 e. The molecule has 2 bridgehead atoms. The lowest BCUT2D eigenvalue weighted by molar-refractivity contribution is -0.00312. The Morgan fingerprint density at radius 2 is 1.68 bits per heavy atom. The molecular formula is C18H30N4O2S. The van der Waals surface area contributed by atoms with Crippen molar-refractivity contribution in [2.45, 2.75) is 56.4 Å². The zero-order valence-corrected chi connectivity index (χ0v) is 16.2. The highest BCUT2D eigenvalue weighted by Crippen LogP contribution is 2.40.